The van der Waals surface area contributed by atoms with Gasteiger partial charge in [0.1, 0.15) is 6.04 Å². The zero-order valence-corrected chi connectivity index (χ0v) is 22.1. The molecule has 7 nitrogen and oxygen atoms in total. The standard InChI is InChI=1S/C29H27Cl2N3O4/c30-19-14-15-22(23(31)16-19)27-26(28(35)33-38-17-18-8-2-1-3-9-18)20-10-4-5-11-21(20)29(36)34(27)25-13-7-6-12-24(25)32-37/h1-5,8-11,14-16,24-27H,6-7,12-13,17H2,(H,33,35)/t24-,25-,26+,27-/m0/s1. The van der Waals surface area contributed by atoms with Gasteiger partial charge < -0.3 is 4.90 Å². The number of hydrogen-bond acceptors (Lipinski definition) is 5. The van der Waals surface area contributed by atoms with Crippen LogP contribution in [0, 0.1) is 4.91 Å². The summed E-state index contributed by atoms with van der Waals surface area (Å²) < 4.78 is 0. The molecule has 0 spiro atoms. The molecule has 196 valence electrons. The van der Waals surface area contributed by atoms with Crippen LogP contribution in [0.25, 0.3) is 0 Å². The van der Waals surface area contributed by atoms with Crippen molar-refractivity contribution in [3.05, 3.63) is 110 Å². The minimum Gasteiger partial charge on any atom is -0.325 e. The first kappa shape index (κ1) is 26.4. The number of nitroso groups, excluding NO2 is 1. The zero-order chi connectivity index (χ0) is 26.6. The second-order valence-electron chi connectivity index (χ2n) is 9.65. The van der Waals surface area contributed by atoms with Crippen LogP contribution >= 0.6 is 23.2 Å². The summed E-state index contributed by atoms with van der Waals surface area (Å²) in [5, 5.41) is 4.15. The third-order valence-electron chi connectivity index (χ3n) is 7.38. The molecule has 2 aliphatic rings. The summed E-state index contributed by atoms with van der Waals surface area (Å²) in [6.07, 6.45) is 2.89. The highest BCUT2D eigenvalue weighted by Crippen LogP contribution is 2.48. The van der Waals surface area contributed by atoms with Crippen LogP contribution in [0.3, 0.4) is 0 Å². The Kier molecular flexibility index (Phi) is 8.07. The molecule has 0 bridgehead atoms. The number of halogens is 2. The van der Waals surface area contributed by atoms with E-state index in [1.807, 2.05) is 30.3 Å². The van der Waals surface area contributed by atoms with Crippen molar-refractivity contribution in [1.82, 2.24) is 10.4 Å². The first-order valence-electron chi connectivity index (χ1n) is 12.6. The summed E-state index contributed by atoms with van der Waals surface area (Å²) in [5.41, 5.74) is 5.04. The Labute approximate surface area is 231 Å². The molecule has 1 fully saturated rings. The highest BCUT2D eigenvalue weighted by Gasteiger charge is 2.49. The fraction of sp³-hybridized carbons (Fsp3) is 0.310. The van der Waals surface area contributed by atoms with E-state index in [1.54, 1.807) is 47.4 Å². The summed E-state index contributed by atoms with van der Waals surface area (Å²) in [6.45, 7) is 0.176. The number of carbonyl (C=O) groups excluding carboxylic acids is 2. The first-order chi connectivity index (χ1) is 18.5. The van der Waals surface area contributed by atoms with Gasteiger partial charge in [-0.05, 0) is 47.7 Å². The molecule has 0 aromatic heterocycles. The number of nitrogens with one attached hydrogen (secondary N) is 1. The number of hydrogen-bond donors (Lipinski definition) is 1. The Bertz CT molecular complexity index is 1340. The summed E-state index contributed by atoms with van der Waals surface area (Å²) >= 11 is 12.9. The lowest BCUT2D eigenvalue weighted by Gasteiger charge is -2.47. The van der Waals surface area contributed by atoms with Crippen LogP contribution in [0.1, 0.15) is 64.7 Å². The molecule has 5 rings (SSSR count). The molecule has 1 aliphatic carbocycles. The summed E-state index contributed by atoms with van der Waals surface area (Å²) in [5.74, 6) is -1.53. The predicted octanol–water partition coefficient (Wildman–Crippen LogP) is 6.60. The molecule has 1 saturated carbocycles. The van der Waals surface area contributed by atoms with Crippen LogP contribution < -0.4 is 5.48 Å². The van der Waals surface area contributed by atoms with Crippen LogP contribution in [0.4, 0.5) is 0 Å². The topological polar surface area (TPSA) is 88.1 Å². The average molecular weight is 552 g/mol. The SMILES string of the molecule is O=N[C@H]1CCCC[C@@H]1N1C(=O)c2ccccc2[C@@H](C(=O)NOCc2ccccc2)[C@@H]1c1ccc(Cl)cc1Cl. The molecule has 0 saturated heterocycles. The Morgan fingerprint density at radius 1 is 0.974 bits per heavy atom. The van der Waals surface area contributed by atoms with Gasteiger partial charge in [-0.3, -0.25) is 14.4 Å². The van der Waals surface area contributed by atoms with Crippen molar-refractivity contribution in [2.24, 2.45) is 5.18 Å². The number of rotatable bonds is 7. The number of fused-ring (bicyclic) bond motifs is 1. The maximum atomic E-state index is 14.1. The predicted molar refractivity (Wildman–Crippen MR) is 146 cm³/mol. The lowest BCUT2D eigenvalue weighted by atomic mass is 9.76. The minimum absolute atomic E-state index is 0.176. The van der Waals surface area contributed by atoms with E-state index in [-0.39, 0.29) is 12.5 Å². The van der Waals surface area contributed by atoms with E-state index in [4.69, 9.17) is 28.0 Å². The Morgan fingerprint density at radius 2 is 1.71 bits per heavy atom. The van der Waals surface area contributed by atoms with E-state index in [9.17, 15) is 14.5 Å². The van der Waals surface area contributed by atoms with Gasteiger partial charge in [0.05, 0.1) is 24.6 Å². The third kappa shape index (κ3) is 5.19. The average Bonchev–Trinajstić information content (AvgIpc) is 2.93. The second kappa shape index (κ2) is 11.6. The maximum absolute atomic E-state index is 14.1. The fourth-order valence-electron chi connectivity index (χ4n) is 5.64. The van der Waals surface area contributed by atoms with Gasteiger partial charge in [0.15, 0.2) is 0 Å². The normalized spacial score (nSPS) is 23.0. The van der Waals surface area contributed by atoms with Crippen LogP contribution in [-0.4, -0.2) is 28.8 Å². The molecule has 3 aromatic carbocycles. The van der Waals surface area contributed by atoms with Crippen LogP contribution in [-0.2, 0) is 16.2 Å². The zero-order valence-electron chi connectivity index (χ0n) is 20.6. The van der Waals surface area contributed by atoms with Crippen molar-refractivity contribution in [2.45, 2.75) is 56.3 Å². The quantitative estimate of drug-likeness (QED) is 0.264. The van der Waals surface area contributed by atoms with Gasteiger partial charge in [-0.15, -0.1) is 0 Å². The smallest absolute Gasteiger partial charge is 0.255 e. The largest absolute Gasteiger partial charge is 0.325 e. The first-order valence-corrected chi connectivity index (χ1v) is 13.4. The Hall–Kier alpha value is -3.26. The molecular weight excluding hydrogens is 525 g/mol. The lowest BCUT2D eigenvalue weighted by Crippen LogP contribution is -2.55. The molecule has 38 heavy (non-hydrogen) atoms. The summed E-state index contributed by atoms with van der Waals surface area (Å²) in [6, 6.07) is 19.7. The molecule has 4 atom stereocenters. The molecule has 2 amide bonds. The van der Waals surface area contributed by atoms with Gasteiger partial charge in [-0.1, -0.05) is 95.8 Å². The molecule has 3 aromatic rings. The lowest BCUT2D eigenvalue weighted by molar-refractivity contribution is -0.138. The van der Waals surface area contributed by atoms with E-state index >= 15 is 0 Å². The third-order valence-corrected chi connectivity index (χ3v) is 7.94. The van der Waals surface area contributed by atoms with Crippen molar-refractivity contribution in [3.8, 4) is 0 Å². The summed E-state index contributed by atoms with van der Waals surface area (Å²) in [4.78, 5) is 47.1. The molecule has 1 heterocycles. The Morgan fingerprint density at radius 3 is 2.47 bits per heavy atom. The number of amides is 2. The van der Waals surface area contributed by atoms with Crippen molar-refractivity contribution >= 4 is 35.0 Å². The van der Waals surface area contributed by atoms with Crippen molar-refractivity contribution in [1.29, 1.82) is 0 Å². The van der Waals surface area contributed by atoms with Crippen LogP contribution in [0.2, 0.25) is 10.0 Å². The second-order valence-corrected chi connectivity index (χ2v) is 10.5. The van der Waals surface area contributed by atoms with Gasteiger partial charge in [0.25, 0.3) is 11.8 Å². The number of nitrogens with zero attached hydrogens (tertiary/aromatic N) is 2. The van der Waals surface area contributed by atoms with E-state index < -0.39 is 30.0 Å². The fourth-order valence-corrected chi connectivity index (χ4v) is 6.16. The van der Waals surface area contributed by atoms with Crippen LogP contribution in [0.5, 0.6) is 0 Å². The van der Waals surface area contributed by atoms with Gasteiger partial charge in [0.2, 0.25) is 0 Å². The van der Waals surface area contributed by atoms with Crippen molar-refractivity contribution in [3.63, 3.8) is 0 Å². The molecule has 1 aliphatic heterocycles. The summed E-state index contributed by atoms with van der Waals surface area (Å²) in [7, 11) is 0. The number of benzene rings is 3. The van der Waals surface area contributed by atoms with E-state index in [0.717, 1.165) is 18.4 Å². The molecule has 0 radical (unpaired) electrons. The van der Waals surface area contributed by atoms with E-state index in [2.05, 4.69) is 10.7 Å². The Balaban J connectivity index is 1.59. The monoisotopic (exact) mass is 551 g/mol. The highest BCUT2D eigenvalue weighted by atomic mass is 35.5. The number of hydroxylamine groups is 1. The minimum atomic E-state index is -0.854. The highest BCUT2D eigenvalue weighted by molar-refractivity contribution is 6.35. The van der Waals surface area contributed by atoms with Gasteiger partial charge in [-0.25, -0.2) is 5.48 Å². The molecular formula is C29H27Cl2N3O4. The van der Waals surface area contributed by atoms with Gasteiger partial charge in [-0.2, -0.15) is 4.91 Å². The molecule has 9 heteroatoms. The van der Waals surface area contributed by atoms with E-state index in [0.29, 0.717) is 39.6 Å². The van der Waals surface area contributed by atoms with E-state index in [1.165, 1.54) is 0 Å². The molecule has 0 unspecified atom stereocenters. The van der Waals surface area contributed by atoms with Gasteiger partial charge in [0, 0.05) is 15.6 Å². The maximum Gasteiger partial charge on any atom is 0.255 e. The van der Waals surface area contributed by atoms with Crippen molar-refractivity contribution in [2.75, 3.05) is 0 Å². The van der Waals surface area contributed by atoms with Crippen molar-refractivity contribution < 1.29 is 14.4 Å². The van der Waals surface area contributed by atoms with Crippen LogP contribution in [0.15, 0.2) is 78.0 Å². The molecule has 1 N–H and O–H groups in total. The number of carbonyl (C=O) groups is 2. The van der Waals surface area contributed by atoms with Gasteiger partial charge >= 0.3 is 0 Å².